The second kappa shape index (κ2) is 6.23. The van der Waals surface area contributed by atoms with Gasteiger partial charge in [-0.3, -0.25) is 4.79 Å². The first-order chi connectivity index (χ1) is 12.1. The van der Waals surface area contributed by atoms with Crippen LogP contribution in [0.15, 0.2) is 42.5 Å². The first kappa shape index (κ1) is 15.7. The lowest BCUT2D eigenvalue weighted by Crippen LogP contribution is -2.57. The monoisotopic (exact) mass is 342 g/mol. The number of cyclic esters (lactones) is 1. The predicted octanol–water partition coefficient (Wildman–Crippen LogP) is 2.04. The van der Waals surface area contributed by atoms with Crippen LogP contribution in [0.25, 0.3) is 0 Å². The molecule has 0 spiro atoms. The van der Waals surface area contributed by atoms with Gasteiger partial charge in [0.2, 0.25) is 5.91 Å². The van der Waals surface area contributed by atoms with Crippen molar-refractivity contribution in [1.29, 1.82) is 0 Å². The minimum Gasteiger partial charge on any atom is -0.447 e. The Morgan fingerprint density at radius 1 is 1.16 bits per heavy atom. The van der Waals surface area contributed by atoms with Crippen LogP contribution in [0.4, 0.5) is 9.59 Å². The van der Waals surface area contributed by atoms with Crippen LogP contribution in [-0.2, 0) is 9.53 Å². The molecule has 0 N–H and O–H groups in total. The van der Waals surface area contributed by atoms with E-state index in [0.29, 0.717) is 18.7 Å². The molecule has 7 nitrogen and oxygen atoms in total. The Morgan fingerprint density at radius 2 is 1.96 bits per heavy atom. The van der Waals surface area contributed by atoms with Gasteiger partial charge in [-0.1, -0.05) is 30.4 Å². The van der Waals surface area contributed by atoms with Gasteiger partial charge < -0.3 is 14.4 Å². The van der Waals surface area contributed by atoms with Crippen molar-refractivity contribution in [3.63, 3.8) is 0 Å². The van der Waals surface area contributed by atoms with E-state index in [2.05, 4.69) is 0 Å². The first-order valence-corrected chi connectivity index (χ1v) is 8.33. The van der Waals surface area contributed by atoms with E-state index in [4.69, 9.17) is 9.47 Å². The van der Waals surface area contributed by atoms with E-state index >= 15 is 0 Å². The van der Waals surface area contributed by atoms with Gasteiger partial charge in [0.25, 0.3) is 0 Å². The molecule has 3 aliphatic heterocycles. The lowest BCUT2D eigenvalue weighted by atomic mass is 9.77. The first-order valence-electron chi connectivity index (χ1n) is 8.33. The molecule has 4 aliphatic rings. The minimum absolute atomic E-state index is 0.0842. The summed E-state index contributed by atoms with van der Waals surface area (Å²) in [5.41, 5.74) is 0. The zero-order valence-electron chi connectivity index (χ0n) is 13.5. The Balaban J connectivity index is 1.51. The summed E-state index contributed by atoms with van der Waals surface area (Å²) in [5.74, 6) is -0.179. The summed E-state index contributed by atoms with van der Waals surface area (Å²) in [5, 5.41) is 0. The Kier molecular flexibility index (Phi) is 3.91. The van der Waals surface area contributed by atoms with Crippen molar-refractivity contribution < 1.29 is 23.9 Å². The van der Waals surface area contributed by atoms with E-state index in [-0.39, 0.29) is 25.0 Å². The summed E-state index contributed by atoms with van der Waals surface area (Å²) in [6, 6.07) is 8.43. The number of amides is 3. The van der Waals surface area contributed by atoms with Gasteiger partial charge in [-0.05, 0) is 24.5 Å². The standard InChI is InChI=1S/C18H18N2O5/c21-16(19-8-9-24-17(19)22)14-10-12-6-7-15(14)20(11-12)18(23)25-13-4-2-1-3-5-13/h1-7,12,14-15H,8-11H2/t12-,14+,15-/m0/s1. The number of fused-ring (bicyclic) bond motifs is 2. The van der Waals surface area contributed by atoms with Crippen molar-refractivity contribution in [3.8, 4) is 5.75 Å². The highest BCUT2D eigenvalue weighted by Gasteiger charge is 2.47. The molecular formula is C18H18N2O5. The average molecular weight is 342 g/mol. The SMILES string of the molecule is O=C1OCCN1C(=O)[C@@H]1C[C@@H]2C=C[C@@H]1N(C(=O)Oc1ccccc1)C2. The van der Waals surface area contributed by atoms with Crippen molar-refractivity contribution in [2.45, 2.75) is 12.5 Å². The lowest BCUT2D eigenvalue weighted by Gasteiger charge is -2.45. The fourth-order valence-corrected chi connectivity index (χ4v) is 3.67. The lowest BCUT2D eigenvalue weighted by molar-refractivity contribution is -0.135. The second-order valence-electron chi connectivity index (χ2n) is 6.42. The van der Waals surface area contributed by atoms with Crippen molar-refractivity contribution in [3.05, 3.63) is 42.5 Å². The fraction of sp³-hybridized carbons (Fsp3) is 0.389. The van der Waals surface area contributed by atoms with Crippen LogP contribution >= 0.6 is 0 Å². The number of hydrogen-bond acceptors (Lipinski definition) is 5. The quantitative estimate of drug-likeness (QED) is 0.769. The van der Waals surface area contributed by atoms with Crippen molar-refractivity contribution in [2.75, 3.05) is 19.7 Å². The van der Waals surface area contributed by atoms with Gasteiger partial charge in [0.1, 0.15) is 12.4 Å². The van der Waals surface area contributed by atoms with Crippen LogP contribution in [0.5, 0.6) is 5.75 Å². The molecule has 1 aromatic carbocycles. The number of hydrogen-bond donors (Lipinski definition) is 0. The third kappa shape index (κ3) is 2.86. The van der Waals surface area contributed by atoms with E-state index in [9.17, 15) is 14.4 Å². The Morgan fingerprint density at radius 3 is 2.64 bits per heavy atom. The van der Waals surface area contributed by atoms with Gasteiger partial charge in [0, 0.05) is 6.54 Å². The maximum Gasteiger partial charge on any atom is 0.416 e. The molecule has 0 saturated carbocycles. The number of para-hydroxylation sites is 1. The summed E-state index contributed by atoms with van der Waals surface area (Å²) in [4.78, 5) is 39.7. The molecule has 2 saturated heterocycles. The number of imide groups is 1. The normalized spacial score (nSPS) is 27.4. The molecule has 130 valence electrons. The smallest absolute Gasteiger partial charge is 0.416 e. The van der Waals surface area contributed by atoms with Crippen molar-refractivity contribution in [2.24, 2.45) is 11.8 Å². The summed E-state index contributed by atoms with van der Waals surface area (Å²) in [6.45, 7) is 1.01. The summed E-state index contributed by atoms with van der Waals surface area (Å²) in [7, 11) is 0. The van der Waals surface area contributed by atoms with Gasteiger partial charge in [-0.15, -0.1) is 0 Å². The van der Waals surface area contributed by atoms with Crippen LogP contribution in [0.2, 0.25) is 0 Å². The molecular weight excluding hydrogens is 324 g/mol. The van der Waals surface area contributed by atoms with Gasteiger partial charge in [-0.25, -0.2) is 14.5 Å². The Labute approximate surface area is 144 Å². The van der Waals surface area contributed by atoms with Gasteiger partial charge >= 0.3 is 12.2 Å². The molecule has 25 heavy (non-hydrogen) atoms. The number of rotatable bonds is 2. The van der Waals surface area contributed by atoms with Gasteiger partial charge in [0.05, 0.1) is 18.5 Å². The minimum atomic E-state index is -0.603. The van der Waals surface area contributed by atoms with Crippen LogP contribution < -0.4 is 4.74 Å². The van der Waals surface area contributed by atoms with E-state index in [1.165, 1.54) is 0 Å². The molecule has 5 rings (SSSR count). The zero-order chi connectivity index (χ0) is 17.4. The number of ether oxygens (including phenoxy) is 2. The number of nitrogens with zero attached hydrogens (tertiary/aromatic N) is 2. The highest BCUT2D eigenvalue weighted by atomic mass is 16.6. The molecule has 0 unspecified atom stereocenters. The van der Waals surface area contributed by atoms with Gasteiger partial charge in [0.15, 0.2) is 0 Å². The molecule has 3 amide bonds. The number of carbonyl (C=O) groups is 3. The summed E-state index contributed by atoms with van der Waals surface area (Å²) < 4.78 is 10.3. The van der Waals surface area contributed by atoms with Crippen LogP contribution in [0, 0.1) is 11.8 Å². The molecule has 0 aromatic heterocycles. The molecule has 1 aromatic rings. The van der Waals surface area contributed by atoms with Crippen molar-refractivity contribution in [1.82, 2.24) is 9.80 Å². The molecule has 1 aliphatic carbocycles. The average Bonchev–Trinajstić information content (AvgIpc) is 3.08. The van der Waals surface area contributed by atoms with Crippen molar-refractivity contribution >= 4 is 18.1 Å². The highest BCUT2D eigenvalue weighted by molar-refractivity contribution is 5.95. The molecule has 7 heteroatoms. The summed E-state index contributed by atoms with van der Waals surface area (Å²) in [6.07, 6.45) is 3.44. The van der Waals surface area contributed by atoms with Gasteiger partial charge in [-0.2, -0.15) is 0 Å². The molecule has 2 fully saturated rings. The topological polar surface area (TPSA) is 76.2 Å². The molecule has 3 atom stereocenters. The van der Waals surface area contributed by atoms with E-state index in [0.717, 1.165) is 4.90 Å². The molecule has 3 heterocycles. The third-order valence-electron chi connectivity index (χ3n) is 4.87. The fourth-order valence-electron chi connectivity index (χ4n) is 3.67. The Hall–Kier alpha value is -2.83. The number of benzene rings is 1. The second-order valence-corrected chi connectivity index (χ2v) is 6.42. The predicted molar refractivity (Wildman–Crippen MR) is 86.8 cm³/mol. The highest BCUT2D eigenvalue weighted by Crippen LogP contribution is 2.36. The van der Waals surface area contributed by atoms with E-state index in [1.807, 2.05) is 18.2 Å². The van der Waals surface area contributed by atoms with Crippen LogP contribution in [0.3, 0.4) is 0 Å². The Bertz CT molecular complexity index is 732. The maximum absolute atomic E-state index is 12.7. The van der Waals surface area contributed by atoms with E-state index in [1.54, 1.807) is 29.2 Å². The molecule has 2 bridgehead atoms. The number of carbonyl (C=O) groups excluding carboxylic acids is 3. The largest absolute Gasteiger partial charge is 0.447 e. The maximum atomic E-state index is 12.7. The van der Waals surface area contributed by atoms with Crippen LogP contribution in [0.1, 0.15) is 6.42 Å². The number of piperidine rings is 1. The van der Waals surface area contributed by atoms with Crippen LogP contribution in [-0.4, -0.2) is 53.6 Å². The van der Waals surface area contributed by atoms with E-state index < -0.39 is 24.1 Å². The zero-order valence-corrected chi connectivity index (χ0v) is 13.5. The summed E-state index contributed by atoms with van der Waals surface area (Å²) >= 11 is 0. The molecule has 0 radical (unpaired) electrons. The third-order valence-corrected chi connectivity index (χ3v) is 4.87.